The molecule has 1 aliphatic carbocycles. The number of rotatable bonds is 10. The number of ketones is 1. The van der Waals surface area contributed by atoms with Crippen molar-refractivity contribution in [2.75, 3.05) is 6.54 Å². The third-order valence-electron chi connectivity index (χ3n) is 6.90. The van der Waals surface area contributed by atoms with E-state index < -0.39 is 5.91 Å². The van der Waals surface area contributed by atoms with Crippen LogP contribution in [0.3, 0.4) is 0 Å². The van der Waals surface area contributed by atoms with Crippen molar-refractivity contribution < 1.29 is 14.4 Å². The van der Waals surface area contributed by atoms with Crippen LogP contribution < -0.4 is 5.73 Å². The minimum absolute atomic E-state index is 0.0114. The van der Waals surface area contributed by atoms with Gasteiger partial charge in [-0.3, -0.25) is 14.4 Å². The van der Waals surface area contributed by atoms with Crippen LogP contribution in [0.1, 0.15) is 75.5 Å². The van der Waals surface area contributed by atoms with Gasteiger partial charge in [0.15, 0.2) is 5.78 Å². The van der Waals surface area contributed by atoms with Crippen molar-refractivity contribution in [1.82, 2.24) is 9.47 Å². The lowest BCUT2D eigenvalue weighted by Crippen LogP contribution is -2.37. The summed E-state index contributed by atoms with van der Waals surface area (Å²) in [6, 6.07) is 15.3. The molecule has 2 N–H and O–H groups in total. The standard InChI is InChI=1S/C28H33N3O3S/c1-20-24(28(29)34)16-25(31(20)18-23-13-8-14-35-23)26(32)19-30(17-22-11-6-3-7-12-22)27(33)15-21-9-4-2-5-10-21/h3,6-8,11-14,16,21H,2,4-5,9-10,15,17-19H2,1H3,(H2,29,34). The first-order valence-corrected chi connectivity index (χ1v) is 13.2. The van der Waals surface area contributed by atoms with Crippen molar-refractivity contribution in [3.63, 3.8) is 0 Å². The lowest BCUT2D eigenvalue weighted by molar-refractivity contribution is -0.132. The van der Waals surface area contributed by atoms with Gasteiger partial charge >= 0.3 is 0 Å². The van der Waals surface area contributed by atoms with Gasteiger partial charge in [0, 0.05) is 23.5 Å². The van der Waals surface area contributed by atoms with Crippen LogP contribution >= 0.6 is 11.3 Å². The average Bonchev–Trinajstić information content (AvgIpc) is 3.48. The number of aromatic nitrogens is 1. The van der Waals surface area contributed by atoms with Crippen LogP contribution in [0.15, 0.2) is 53.9 Å². The summed E-state index contributed by atoms with van der Waals surface area (Å²) in [6.07, 6.45) is 6.19. The summed E-state index contributed by atoms with van der Waals surface area (Å²) in [5.74, 6) is -0.352. The van der Waals surface area contributed by atoms with Crippen molar-refractivity contribution >= 4 is 28.9 Å². The van der Waals surface area contributed by atoms with E-state index in [1.54, 1.807) is 29.2 Å². The van der Waals surface area contributed by atoms with E-state index in [2.05, 4.69) is 0 Å². The quantitative estimate of drug-likeness (QED) is 0.396. The molecule has 0 radical (unpaired) electrons. The number of hydrogen-bond acceptors (Lipinski definition) is 4. The van der Waals surface area contributed by atoms with E-state index >= 15 is 0 Å². The van der Waals surface area contributed by atoms with E-state index in [4.69, 9.17) is 5.73 Å². The number of nitrogens with two attached hydrogens (primary N) is 1. The molecule has 2 heterocycles. The van der Waals surface area contributed by atoms with Gasteiger partial charge in [-0.2, -0.15) is 0 Å². The van der Waals surface area contributed by atoms with Gasteiger partial charge in [-0.05, 0) is 48.8 Å². The second kappa shape index (κ2) is 11.5. The van der Waals surface area contributed by atoms with Crippen molar-refractivity contribution in [3.05, 3.63) is 81.3 Å². The average molecular weight is 492 g/mol. The summed E-state index contributed by atoms with van der Waals surface area (Å²) in [4.78, 5) is 41.8. The molecule has 4 rings (SSSR count). The van der Waals surface area contributed by atoms with Crippen LogP contribution in [-0.2, 0) is 17.9 Å². The van der Waals surface area contributed by atoms with Crippen molar-refractivity contribution in [3.8, 4) is 0 Å². The number of benzene rings is 1. The van der Waals surface area contributed by atoms with Gasteiger partial charge in [0.05, 0.1) is 24.3 Å². The number of carbonyl (C=O) groups excluding carboxylic acids is 3. The fourth-order valence-electron chi connectivity index (χ4n) is 4.95. The molecule has 1 aliphatic rings. The molecule has 1 fully saturated rings. The molecule has 1 aromatic carbocycles. The highest BCUT2D eigenvalue weighted by Crippen LogP contribution is 2.27. The Morgan fingerprint density at radius 1 is 1.06 bits per heavy atom. The van der Waals surface area contributed by atoms with Crippen LogP contribution in [0, 0.1) is 12.8 Å². The van der Waals surface area contributed by atoms with Gasteiger partial charge in [0.25, 0.3) is 5.91 Å². The largest absolute Gasteiger partial charge is 0.366 e. The molecule has 3 aromatic rings. The molecule has 0 spiro atoms. The van der Waals surface area contributed by atoms with Crippen molar-refractivity contribution in [1.29, 1.82) is 0 Å². The zero-order valence-corrected chi connectivity index (χ0v) is 21.1. The zero-order chi connectivity index (χ0) is 24.8. The summed E-state index contributed by atoms with van der Waals surface area (Å²) in [5.41, 5.74) is 8.00. The smallest absolute Gasteiger partial charge is 0.250 e. The predicted octanol–water partition coefficient (Wildman–Crippen LogP) is 5.19. The van der Waals surface area contributed by atoms with Gasteiger partial charge in [0.1, 0.15) is 0 Å². The van der Waals surface area contributed by atoms with Gasteiger partial charge < -0.3 is 15.2 Å². The molecule has 6 nitrogen and oxygen atoms in total. The topological polar surface area (TPSA) is 85.4 Å². The highest BCUT2D eigenvalue weighted by atomic mass is 32.1. The maximum atomic E-state index is 13.6. The first-order valence-electron chi connectivity index (χ1n) is 12.3. The van der Waals surface area contributed by atoms with Crippen LogP contribution in [0.2, 0.25) is 0 Å². The number of thiophene rings is 1. The molecule has 2 aromatic heterocycles. The molecule has 1 saturated carbocycles. The molecule has 0 bridgehead atoms. The lowest BCUT2D eigenvalue weighted by atomic mass is 9.86. The summed E-state index contributed by atoms with van der Waals surface area (Å²) >= 11 is 1.59. The van der Waals surface area contributed by atoms with Gasteiger partial charge in [-0.25, -0.2) is 0 Å². The molecule has 0 unspecified atom stereocenters. The Morgan fingerprint density at radius 2 is 1.80 bits per heavy atom. The maximum Gasteiger partial charge on any atom is 0.250 e. The number of hydrogen-bond donors (Lipinski definition) is 1. The highest BCUT2D eigenvalue weighted by molar-refractivity contribution is 7.09. The molecular weight excluding hydrogens is 458 g/mol. The van der Waals surface area contributed by atoms with Crippen LogP contribution in [0.4, 0.5) is 0 Å². The first-order chi connectivity index (χ1) is 16.9. The molecule has 0 saturated heterocycles. The minimum atomic E-state index is -0.559. The number of nitrogens with zero attached hydrogens (tertiary/aromatic N) is 2. The third-order valence-corrected chi connectivity index (χ3v) is 7.76. The van der Waals surface area contributed by atoms with E-state index in [0.717, 1.165) is 23.3 Å². The Labute approximate surface area is 210 Å². The van der Waals surface area contributed by atoms with E-state index in [0.29, 0.717) is 42.4 Å². The molecule has 2 amide bonds. The SMILES string of the molecule is Cc1c(C(N)=O)cc(C(=O)CN(Cc2ccccc2)C(=O)CC2CCCCC2)n1Cc1cccs1. The van der Waals surface area contributed by atoms with Crippen LogP contribution in [0.5, 0.6) is 0 Å². The molecule has 184 valence electrons. The second-order valence-electron chi connectivity index (χ2n) is 9.43. The Kier molecular flexibility index (Phi) is 8.18. The zero-order valence-electron chi connectivity index (χ0n) is 20.2. The summed E-state index contributed by atoms with van der Waals surface area (Å²) in [6.45, 7) is 2.63. The van der Waals surface area contributed by atoms with Crippen molar-refractivity contribution in [2.24, 2.45) is 11.7 Å². The molecule has 0 aliphatic heterocycles. The Bertz CT molecular complexity index is 1160. The van der Waals surface area contributed by atoms with E-state index in [9.17, 15) is 14.4 Å². The Morgan fingerprint density at radius 3 is 2.46 bits per heavy atom. The summed E-state index contributed by atoms with van der Waals surface area (Å²) in [7, 11) is 0. The molecule has 0 atom stereocenters. The molecular formula is C28H33N3O3S. The minimum Gasteiger partial charge on any atom is -0.366 e. The second-order valence-corrected chi connectivity index (χ2v) is 10.5. The lowest BCUT2D eigenvalue weighted by Gasteiger charge is -2.27. The van der Waals surface area contributed by atoms with Crippen LogP contribution in [0.25, 0.3) is 0 Å². The number of Topliss-reactive ketones (excluding diaryl/α,β-unsaturated/α-hetero) is 1. The van der Waals surface area contributed by atoms with E-state index in [-0.39, 0.29) is 18.2 Å². The normalized spacial score (nSPS) is 14.1. The fourth-order valence-corrected chi connectivity index (χ4v) is 5.64. The van der Waals surface area contributed by atoms with Gasteiger partial charge in [-0.15, -0.1) is 11.3 Å². The number of carbonyl (C=O) groups is 3. The Balaban J connectivity index is 1.59. The first kappa shape index (κ1) is 24.9. The fraction of sp³-hybridized carbons (Fsp3) is 0.393. The van der Waals surface area contributed by atoms with Crippen LogP contribution in [-0.4, -0.2) is 33.6 Å². The van der Waals surface area contributed by atoms with Gasteiger partial charge in [0.2, 0.25) is 5.91 Å². The third kappa shape index (κ3) is 6.28. The highest BCUT2D eigenvalue weighted by Gasteiger charge is 2.26. The Hall–Kier alpha value is -3.19. The monoisotopic (exact) mass is 491 g/mol. The van der Waals surface area contributed by atoms with Gasteiger partial charge in [-0.1, -0.05) is 55.7 Å². The molecule has 7 heteroatoms. The van der Waals surface area contributed by atoms with E-state index in [1.807, 2.05) is 52.4 Å². The molecule has 35 heavy (non-hydrogen) atoms. The summed E-state index contributed by atoms with van der Waals surface area (Å²) < 4.78 is 1.85. The maximum absolute atomic E-state index is 13.6. The number of amides is 2. The van der Waals surface area contributed by atoms with E-state index in [1.165, 1.54) is 19.3 Å². The van der Waals surface area contributed by atoms with Crippen molar-refractivity contribution in [2.45, 2.75) is 58.5 Å². The summed E-state index contributed by atoms with van der Waals surface area (Å²) in [5, 5.41) is 1.98. The predicted molar refractivity (Wildman–Crippen MR) is 138 cm³/mol. The number of primary amides is 1.